The molecule has 7 nitrogen and oxygen atoms in total. The number of hydrogen-bond acceptors (Lipinski definition) is 6. The number of aryl methyl sites for hydroxylation is 1. The van der Waals surface area contributed by atoms with Gasteiger partial charge in [-0.1, -0.05) is 30.3 Å². The standard InChI is InChI=1S/C23H28N2O5/c1-27-18-11-9-17(10-12-18)25-23(26)30-20-15-29-21-19(14-28-22(20)21)24-13-5-8-16-6-3-2-4-7-16/h2-4,6-7,9-12,19-22,24H,5,8,13-15H2,1H3,(H,25,26)/t19-,20-,21-,22+/m0/s1. The number of ether oxygens (including phenoxy) is 4. The molecule has 0 spiro atoms. The number of carbonyl (C=O) groups excluding carboxylic acids is 1. The monoisotopic (exact) mass is 412 g/mol. The Morgan fingerprint density at radius 1 is 1.03 bits per heavy atom. The third kappa shape index (κ3) is 5.11. The number of nitrogens with one attached hydrogen (secondary N) is 2. The molecule has 0 saturated carbocycles. The number of carbonyl (C=O) groups is 1. The van der Waals surface area contributed by atoms with Crippen LogP contribution in [0.2, 0.25) is 0 Å². The van der Waals surface area contributed by atoms with E-state index in [9.17, 15) is 4.79 Å². The van der Waals surface area contributed by atoms with Crippen molar-refractivity contribution in [3.8, 4) is 5.75 Å². The van der Waals surface area contributed by atoms with Crippen LogP contribution in [0.25, 0.3) is 0 Å². The fourth-order valence-corrected chi connectivity index (χ4v) is 3.92. The number of benzene rings is 2. The predicted octanol–water partition coefficient (Wildman–Crippen LogP) is 3.00. The van der Waals surface area contributed by atoms with Gasteiger partial charge in [0, 0.05) is 5.69 Å². The Morgan fingerprint density at radius 3 is 2.57 bits per heavy atom. The Hall–Kier alpha value is -2.61. The van der Waals surface area contributed by atoms with E-state index >= 15 is 0 Å². The van der Waals surface area contributed by atoms with E-state index in [-0.39, 0.29) is 18.2 Å². The summed E-state index contributed by atoms with van der Waals surface area (Å²) in [5.41, 5.74) is 1.98. The molecule has 0 bridgehead atoms. The fourth-order valence-electron chi connectivity index (χ4n) is 3.92. The second-order valence-corrected chi connectivity index (χ2v) is 7.54. The minimum absolute atomic E-state index is 0.0967. The highest BCUT2D eigenvalue weighted by molar-refractivity contribution is 5.84. The second-order valence-electron chi connectivity index (χ2n) is 7.54. The number of amides is 1. The van der Waals surface area contributed by atoms with Crippen molar-refractivity contribution in [2.24, 2.45) is 0 Å². The maximum atomic E-state index is 12.2. The van der Waals surface area contributed by atoms with E-state index in [4.69, 9.17) is 18.9 Å². The molecule has 2 saturated heterocycles. The quantitative estimate of drug-likeness (QED) is 0.649. The molecule has 0 aromatic heterocycles. The van der Waals surface area contributed by atoms with Gasteiger partial charge in [0.05, 0.1) is 26.4 Å². The lowest BCUT2D eigenvalue weighted by atomic mass is 10.1. The third-order valence-electron chi connectivity index (χ3n) is 5.49. The molecule has 2 aromatic carbocycles. The molecule has 4 rings (SSSR count). The minimum atomic E-state index is -0.516. The Balaban J connectivity index is 1.20. The molecular formula is C23H28N2O5. The van der Waals surface area contributed by atoms with Gasteiger partial charge in [0.1, 0.15) is 18.0 Å². The normalized spacial score (nSPS) is 25.0. The number of hydrogen-bond donors (Lipinski definition) is 2. The highest BCUT2D eigenvalue weighted by Gasteiger charge is 2.49. The molecule has 0 aliphatic carbocycles. The summed E-state index contributed by atoms with van der Waals surface area (Å²) in [4.78, 5) is 12.2. The number of anilines is 1. The first kappa shape index (κ1) is 20.7. The van der Waals surface area contributed by atoms with Gasteiger partial charge in [-0.05, 0) is 49.2 Å². The summed E-state index contributed by atoms with van der Waals surface area (Å²) >= 11 is 0. The molecule has 2 aliphatic rings. The molecule has 1 amide bonds. The van der Waals surface area contributed by atoms with Crippen molar-refractivity contribution in [1.82, 2.24) is 5.32 Å². The smallest absolute Gasteiger partial charge is 0.412 e. The summed E-state index contributed by atoms with van der Waals surface area (Å²) in [6.07, 6.45) is 0.816. The van der Waals surface area contributed by atoms with Crippen LogP contribution in [0.15, 0.2) is 54.6 Å². The molecule has 2 aliphatic heterocycles. The summed E-state index contributed by atoms with van der Waals surface area (Å²) in [6, 6.07) is 17.6. The molecule has 160 valence electrons. The van der Waals surface area contributed by atoms with Gasteiger partial charge in [-0.2, -0.15) is 0 Å². The van der Waals surface area contributed by atoms with Crippen LogP contribution < -0.4 is 15.4 Å². The maximum absolute atomic E-state index is 12.2. The Kier molecular flexibility index (Phi) is 6.84. The molecule has 2 fully saturated rings. The van der Waals surface area contributed by atoms with Gasteiger partial charge in [0.2, 0.25) is 0 Å². The summed E-state index contributed by atoms with van der Waals surface area (Å²) in [6.45, 7) is 1.78. The molecule has 0 unspecified atom stereocenters. The van der Waals surface area contributed by atoms with Gasteiger partial charge in [0.25, 0.3) is 0 Å². The van der Waals surface area contributed by atoms with Gasteiger partial charge < -0.3 is 24.3 Å². The van der Waals surface area contributed by atoms with Crippen LogP contribution in [-0.2, 0) is 20.6 Å². The molecule has 30 heavy (non-hydrogen) atoms. The lowest BCUT2D eigenvalue weighted by Crippen LogP contribution is -2.42. The Labute approximate surface area is 176 Å². The Bertz CT molecular complexity index is 814. The number of fused-ring (bicyclic) bond motifs is 1. The van der Waals surface area contributed by atoms with E-state index in [0.29, 0.717) is 18.9 Å². The maximum Gasteiger partial charge on any atom is 0.412 e. The molecule has 4 atom stereocenters. The lowest BCUT2D eigenvalue weighted by molar-refractivity contribution is 0.00857. The van der Waals surface area contributed by atoms with Gasteiger partial charge in [-0.3, -0.25) is 5.32 Å². The zero-order chi connectivity index (χ0) is 20.8. The van der Waals surface area contributed by atoms with Gasteiger partial charge in [-0.25, -0.2) is 4.79 Å². The van der Waals surface area contributed by atoms with Gasteiger partial charge in [-0.15, -0.1) is 0 Å². The van der Waals surface area contributed by atoms with Crippen molar-refractivity contribution in [1.29, 1.82) is 0 Å². The SMILES string of the molecule is COc1ccc(NC(=O)O[C@H]2CO[C@@H]3[C@@H]2OC[C@@H]3NCCCc2ccccc2)cc1. The van der Waals surface area contributed by atoms with Crippen LogP contribution in [0.3, 0.4) is 0 Å². The van der Waals surface area contributed by atoms with Crippen LogP contribution in [0.4, 0.5) is 10.5 Å². The lowest BCUT2D eigenvalue weighted by Gasteiger charge is -2.18. The van der Waals surface area contributed by atoms with E-state index in [1.54, 1.807) is 31.4 Å². The average molecular weight is 412 g/mol. The van der Waals surface area contributed by atoms with E-state index in [1.807, 2.05) is 6.07 Å². The molecule has 2 heterocycles. The molecule has 7 heteroatoms. The zero-order valence-electron chi connectivity index (χ0n) is 17.1. The van der Waals surface area contributed by atoms with Crippen LogP contribution in [0.5, 0.6) is 5.75 Å². The summed E-state index contributed by atoms with van der Waals surface area (Å²) in [5, 5.41) is 6.26. The topological polar surface area (TPSA) is 78.1 Å². The third-order valence-corrected chi connectivity index (χ3v) is 5.49. The highest BCUT2D eigenvalue weighted by atomic mass is 16.6. The zero-order valence-corrected chi connectivity index (χ0v) is 17.1. The first-order valence-electron chi connectivity index (χ1n) is 10.3. The number of methoxy groups -OCH3 is 1. The summed E-state index contributed by atoms with van der Waals surface area (Å²) in [5.74, 6) is 0.725. The van der Waals surface area contributed by atoms with E-state index in [0.717, 1.165) is 25.1 Å². The second kappa shape index (κ2) is 9.93. The van der Waals surface area contributed by atoms with E-state index < -0.39 is 12.2 Å². The average Bonchev–Trinajstić information content (AvgIpc) is 3.36. The van der Waals surface area contributed by atoms with Crippen LogP contribution in [0.1, 0.15) is 12.0 Å². The fraction of sp³-hybridized carbons (Fsp3) is 0.435. The molecule has 2 aromatic rings. The van der Waals surface area contributed by atoms with Crippen LogP contribution >= 0.6 is 0 Å². The summed E-state index contributed by atoms with van der Waals surface area (Å²) < 4.78 is 22.5. The molecule has 2 N–H and O–H groups in total. The van der Waals surface area contributed by atoms with Crippen molar-refractivity contribution in [3.05, 3.63) is 60.2 Å². The van der Waals surface area contributed by atoms with E-state index in [2.05, 4.69) is 34.9 Å². The Morgan fingerprint density at radius 2 is 1.80 bits per heavy atom. The van der Waals surface area contributed by atoms with Crippen LogP contribution in [0, 0.1) is 0 Å². The van der Waals surface area contributed by atoms with Crippen molar-refractivity contribution in [2.45, 2.75) is 37.2 Å². The molecular weight excluding hydrogens is 384 g/mol. The first-order valence-corrected chi connectivity index (χ1v) is 10.3. The largest absolute Gasteiger partial charge is 0.497 e. The molecule has 0 radical (unpaired) electrons. The van der Waals surface area contributed by atoms with Crippen LogP contribution in [-0.4, -0.2) is 57.3 Å². The minimum Gasteiger partial charge on any atom is -0.497 e. The highest BCUT2D eigenvalue weighted by Crippen LogP contribution is 2.29. The van der Waals surface area contributed by atoms with Crippen molar-refractivity contribution >= 4 is 11.8 Å². The van der Waals surface area contributed by atoms with Gasteiger partial charge >= 0.3 is 6.09 Å². The van der Waals surface area contributed by atoms with Crippen molar-refractivity contribution in [2.75, 3.05) is 32.2 Å². The van der Waals surface area contributed by atoms with Gasteiger partial charge in [0.15, 0.2) is 6.10 Å². The summed E-state index contributed by atoms with van der Waals surface area (Å²) in [7, 11) is 1.60. The first-order chi connectivity index (χ1) is 14.7. The van der Waals surface area contributed by atoms with Crippen molar-refractivity contribution < 1.29 is 23.7 Å². The van der Waals surface area contributed by atoms with Crippen molar-refractivity contribution in [3.63, 3.8) is 0 Å². The van der Waals surface area contributed by atoms with E-state index in [1.165, 1.54) is 5.56 Å². The number of rotatable bonds is 8. The predicted molar refractivity (Wildman–Crippen MR) is 113 cm³/mol.